The van der Waals surface area contributed by atoms with Crippen molar-refractivity contribution in [3.8, 4) is 0 Å². The molecule has 0 unspecified atom stereocenters. The molecule has 100 valence electrons. The highest BCUT2D eigenvalue weighted by Gasteiger charge is 2.08. The van der Waals surface area contributed by atoms with Gasteiger partial charge in [-0.2, -0.15) is 0 Å². The Morgan fingerprint density at radius 2 is 1.94 bits per heavy atom. The van der Waals surface area contributed by atoms with Crippen molar-refractivity contribution in [1.29, 1.82) is 0 Å². The molecule has 3 nitrogen and oxygen atoms in total. The van der Waals surface area contributed by atoms with E-state index in [9.17, 15) is 4.79 Å². The van der Waals surface area contributed by atoms with Gasteiger partial charge in [0.2, 0.25) is 5.91 Å². The molecule has 0 spiro atoms. The van der Waals surface area contributed by atoms with Gasteiger partial charge in [0.1, 0.15) is 0 Å². The smallest absolute Gasteiger partial charge is 0.223 e. The number of hydrogen-bond donors (Lipinski definition) is 1. The highest BCUT2D eigenvalue weighted by molar-refractivity contribution is 5.76. The summed E-state index contributed by atoms with van der Waals surface area (Å²) in [6, 6.07) is 10.7. The number of amides is 1. The van der Waals surface area contributed by atoms with Crippen LogP contribution in [0.3, 0.4) is 0 Å². The van der Waals surface area contributed by atoms with Crippen LogP contribution in [0.1, 0.15) is 25.8 Å². The molecule has 0 aliphatic rings. The molecule has 0 radical (unpaired) electrons. The summed E-state index contributed by atoms with van der Waals surface area (Å²) < 4.78 is 0. The maximum absolute atomic E-state index is 11.8. The van der Waals surface area contributed by atoms with Crippen molar-refractivity contribution in [2.24, 2.45) is 0 Å². The Labute approximate surface area is 110 Å². The number of hydrogen-bond acceptors (Lipinski definition) is 2. The normalized spacial score (nSPS) is 10.7. The molecule has 0 atom stereocenters. The molecule has 1 N–H and O–H groups in total. The van der Waals surface area contributed by atoms with Gasteiger partial charge in [-0.05, 0) is 12.0 Å². The van der Waals surface area contributed by atoms with E-state index in [4.69, 9.17) is 0 Å². The van der Waals surface area contributed by atoms with Crippen LogP contribution in [-0.2, 0) is 11.2 Å². The van der Waals surface area contributed by atoms with Gasteiger partial charge in [0.15, 0.2) is 0 Å². The van der Waals surface area contributed by atoms with E-state index in [1.807, 2.05) is 30.1 Å². The van der Waals surface area contributed by atoms with E-state index < -0.39 is 0 Å². The number of benzene rings is 1. The quantitative estimate of drug-likeness (QED) is 0.801. The second-order valence-corrected chi connectivity index (χ2v) is 4.91. The predicted octanol–water partition coefficient (Wildman–Crippen LogP) is 2.08. The lowest BCUT2D eigenvalue weighted by atomic mass is 10.1. The first-order valence-electron chi connectivity index (χ1n) is 6.61. The van der Waals surface area contributed by atoms with E-state index in [1.54, 1.807) is 0 Å². The molecular formula is C15H24N2O. The summed E-state index contributed by atoms with van der Waals surface area (Å²) in [7, 11) is 1.88. The van der Waals surface area contributed by atoms with Gasteiger partial charge in [0, 0.05) is 32.6 Å². The van der Waals surface area contributed by atoms with Crippen LogP contribution in [0.25, 0.3) is 0 Å². The van der Waals surface area contributed by atoms with Gasteiger partial charge < -0.3 is 10.2 Å². The number of nitrogens with one attached hydrogen (secondary N) is 1. The molecule has 1 amide bonds. The Bertz CT molecular complexity index is 349. The summed E-state index contributed by atoms with van der Waals surface area (Å²) in [5.74, 6) is 0.207. The summed E-state index contributed by atoms with van der Waals surface area (Å²) in [6.07, 6.45) is 1.49. The highest BCUT2D eigenvalue weighted by Crippen LogP contribution is 2.01. The fraction of sp³-hybridized carbons (Fsp3) is 0.533. The van der Waals surface area contributed by atoms with Crippen LogP contribution < -0.4 is 5.32 Å². The third-order valence-corrected chi connectivity index (χ3v) is 2.90. The summed E-state index contributed by atoms with van der Waals surface area (Å²) >= 11 is 0. The monoisotopic (exact) mass is 248 g/mol. The van der Waals surface area contributed by atoms with Gasteiger partial charge in [-0.1, -0.05) is 44.2 Å². The number of carbonyl (C=O) groups is 1. The van der Waals surface area contributed by atoms with Crippen LogP contribution >= 0.6 is 0 Å². The Hall–Kier alpha value is -1.35. The van der Waals surface area contributed by atoms with E-state index in [0.29, 0.717) is 12.5 Å². The highest BCUT2D eigenvalue weighted by atomic mass is 16.2. The largest absolute Gasteiger partial charge is 0.345 e. The maximum atomic E-state index is 11.8. The van der Waals surface area contributed by atoms with Crippen LogP contribution in [0, 0.1) is 0 Å². The molecule has 1 aromatic rings. The first kappa shape index (κ1) is 14.7. The Balaban J connectivity index is 2.23. The molecule has 0 saturated heterocycles. The Morgan fingerprint density at radius 1 is 1.28 bits per heavy atom. The van der Waals surface area contributed by atoms with Crippen molar-refractivity contribution in [3.05, 3.63) is 35.9 Å². The van der Waals surface area contributed by atoms with E-state index in [2.05, 4.69) is 31.3 Å². The van der Waals surface area contributed by atoms with Gasteiger partial charge >= 0.3 is 0 Å². The third kappa shape index (κ3) is 5.82. The minimum absolute atomic E-state index is 0.207. The van der Waals surface area contributed by atoms with Crippen molar-refractivity contribution < 1.29 is 4.79 Å². The first-order chi connectivity index (χ1) is 8.59. The van der Waals surface area contributed by atoms with Gasteiger partial charge in [0.05, 0.1) is 0 Å². The lowest BCUT2D eigenvalue weighted by Crippen LogP contribution is -2.33. The third-order valence-electron chi connectivity index (χ3n) is 2.90. The molecule has 1 aromatic carbocycles. The molecule has 18 heavy (non-hydrogen) atoms. The zero-order valence-electron chi connectivity index (χ0n) is 11.6. The lowest BCUT2D eigenvalue weighted by Gasteiger charge is -2.17. The van der Waals surface area contributed by atoms with Crippen LogP contribution in [0.2, 0.25) is 0 Å². The average Bonchev–Trinajstić information content (AvgIpc) is 2.36. The number of rotatable bonds is 7. The second kappa shape index (κ2) is 7.88. The van der Waals surface area contributed by atoms with E-state index in [0.717, 1.165) is 19.5 Å². The van der Waals surface area contributed by atoms with Crippen LogP contribution in [-0.4, -0.2) is 37.0 Å². The fourth-order valence-electron chi connectivity index (χ4n) is 1.72. The van der Waals surface area contributed by atoms with Crippen molar-refractivity contribution in [2.45, 2.75) is 32.7 Å². The summed E-state index contributed by atoms with van der Waals surface area (Å²) in [6.45, 7) is 5.71. The SMILES string of the molecule is CC(C)NCCC(=O)N(C)CCc1ccccc1. The van der Waals surface area contributed by atoms with E-state index in [-0.39, 0.29) is 5.91 Å². The van der Waals surface area contributed by atoms with Crippen molar-refractivity contribution >= 4 is 5.91 Å². The van der Waals surface area contributed by atoms with Gasteiger partial charge in [0.25, 0.3) is 0 Å². The number of likely N-dealkylation sites (N-methyl/N-ethyl adjacent to an activating group) is 1. The molecule has 0 fully saturated rings. The molecule has 0 aromatic heterocycles. The van der Waals surface area contributed by atoms with E-state index >= 15 is 0 Å². The van der Waals surface area contributed by atoms with Crippen LogP contribution in [0.5, 0.6) is 0 Å². The van der Waals surface area contributed by atoms with Gasteiger partial charge in [-0.15, -0.1) is 0 Å². The zero-order chi connectivity index (χ0) is 13.4. The van der Waals surface area contributed by atoms with Gasteiger partial charge in [-0.25, -0.2) is 0 Å². The standard InChI is InChI=1S/C15H24N2O/c1-13(2)16-11-9-15(18)17(3)12-10-14-7-5-4-6-8-14/h4-8,13,16H,9-12H2,1-3H3. The summed E-state index contributed by atoms with van der Waals surface area (Å²) in [5, 5.41) is 3.26. The van der Waals surface area contributed by atoms with Crippen LogP contribution in [0.15, 0.2) is 30.3 Å². The molecule has 0 bridgehead atoms. The summed E-state index contributed by atoms with van der Waals surface area (Å²) in [4.78, 5) is 13.6. The molecule has 0 aliphatic carbocycles. The number of nitrogens with zero attached hydrogens (tertiary/aromatic N) is 1. The van der Waals surface area contributed by atoms with Crippen molar-refractivity contribution in [3.63, 3.8) is 0 Å². The predicted molar refractivity (Wildman–Crippen MR) is 75.5 cm³/mol. The average molecular weight is 248 g/mol. The van der Waals surface area contributed by atoms with Crippen molar-refractivity contribution in [2.75, 3.05) is 20.1 Å². The van der Waals surface area contributed by atoms with Crippen molar-refractivity contribution in [1.82, 2.24) is 10.2 Å². The zero-order valence-corrected chi connectivity index (χ0v) is 11.6. The molecule has 1 rings (SSSR count). The Kier molecular flexibility index (Phi) is 6.44. The molecule has 0 saturated carbocycles. The topological polar surface area (TPSA) is 32.3 Å². The summed E-state index contributed by atoms with van der Waals surface area (Å²) in [5.41, 5.74) is 1.28. The minimum Gasteiger partial charge on any atom is -0.345 e. The maximum Gasteiger partial charge on any atom is 0.223 e. The van der Waals surface area contributed by atoms with Crippen LogP contribution in [0.4, 0.5) is 0 Å². The Morgan fingerprint density at radius 3 is 2.56 bits per heavy atom. The lowest BCUT2D eigenvalue weighted by molar-refractivity contribution is -0.129. The van der Waals surface area contributed by atoms with Gasteiger partial charge in [-0.3, -0.25) is 4.79 Å². The van der Waals surface area contributed by atoms with E-state index in [1.165, 1.54) is 5.56 Å². The number of carbonyl (C=O) groups excluding carboxylic acids is 1. The first-order valence-corrected chi connectivity index (χ1v) is 6.61. The molecular weight excluding hydrogens is 224 g/mol. The molecule has 3 heteroatoms. The molecule has 0 heterocycles. The fourth-order valence-corrected chi connectivity index (χ4v) is 1.72. The second-order valence-electron chi connectivity index (χ2n) is 4.91. The minimum atomic E-state index is 0.207. The molecule has 0 aliphatic heterocycles.